The third kappa shape index (κ3) is 4.61. The molecule has 0 bridgehead atoms. The van der Waals surface area contributed by atoms with Gasteiger partial charge in [-0.15, -0.1) is 0 Å². The highest BCUT2D eigenvalue weighted by Crippen LogP contribution is 2.26. The molecule has 1 rings (SSSR count). The van der Waals surface area contributed by atoms with E-state index in [1.54, 1.807) is 0 Å². The first kappa shape index (κ1) is 11.5. The van der Waals surface area contributed by atoms with Crippen LogP contribution in [0.2, 0.25) is 0 Å². The molecule has 14 heavy (non-hydrogen) atoms. The molecule has 0 aromatic rings. The van der Waals surface area contributed by atoms with Crippen LogP contribution in [0.25, 0.3) is 0 Å². The Balaban J connectivity index is 1.94. The fourth-order valence-electron chi connectivity index (χ4n) is 2.04. The summed E-state index contributed by atoms with van der Waals surface area (Å²) >= 11 is 0. The molecule has 1 amide bonds. The number of aliphatic hydroxyl groups excluding tert-OH is 1. The Morgan fingerprint density at radius 2 is 2.07 bits per heavy atom. The Hall–Kier alpha value is -0.570. The second-order valence-electron chi connectivity index (χ2n) is 4.12. The van der Waals surface area contributed by atoms with Gasteiger partial charge in [0.1, 0.15) is 0 Å². The first-order valence-corrected chi connectivity index (χ1v) is 5.70. The van der Waals surface area contributed by atoms with Crippen LogP contribution in [0.15, 0.2) is 0 Å². The molecule has 0 atom stereocenters. The number of hydrogen-bond acceptors (Lipinski definition) is 2. The fraction of sp³-hybridized carbons (Fsp3) is 0.909. The van der Waals surface area contributed by atoms with Gasteiger partial charge in [-0.25, -0.2) is 0 Å². The van der Waals surface area contributed by atoms with Crippen molar-refractivity contribution in [3.05, 3.63) is 0 Å². The Labute approximate surface area is 85.9 Å². The van der Waals surface area contributed by atoms with Crippen LogP contribution in [0.4, 0.5) is 0 Å². The van der Waals surface area contributed by atoms with E-state index in [1.807, 2.05) is 0 Å². The Morgan fingerprint density at radius 3 is 2.71 bits per heavy atom. The van der Waals surface area contributed by atoms with Crippen molar-refractivity contribution >= 4 is 5.91 Å². The summed E-state index contributed by atoms with van der Waals surface area (Å²) in [7, 11) is 0. The molecule has 2 N–H and O–H groups in total. The van der Waals surface area contributed by atoms with E-state index in [9.17, 15) is 4.79 Å². The van der Waals surface area contributed by atoms with Crippen molar-refractivity contribution in [1.29, 1.82) is 0 Å². The number of aliphatic hydroxyl groups is 1. The molecule has 3 nitrogen and oxygen atoms in total. The van der Waals surface area contributed by atoms with Gasteiger partial charge in [0.05, 0.1) is 0 Å². The second kappa shape index (κ2) is 6.82. The van der Waals surface area contributed by atoms with E-state index in [4.69, 9.17) is 5.11 Å². The molecule has 3 heteroatoms. The minimum atomic E-state index is 0.0806. The standard InChI is InChI=1S/C11H21NO2/c13-9-3-6-11(14)12-8-7-10-4-1-2-5-10/h10,13H,1-9H2,(H,12,14). The van der Waals surface area contributed by atoms with Crippen molar-refractivity contribution in [2.45, 2.75) is 44.9 Å². The molecule has 1 aliphatic rings. The van der Waals surface area contributed by atoms with Crippen LogP contribution in [0.1, 0.15) is 44.9 Å². The van der Waals surface area contributed by atoms with E-state index in [-0.39, 0.29) is 12.5 Å². The molecule has 1 fully saturated rings. The molecule has 0 aliphatic heterocycles. The van der Waals surface area contributed by atoms with Gasteiger partial charge in [-0.05, 0) is 18.8 Å². The summed E-state index contributed by atoms with van der Waals surface area (Å²) in [6.45, 7) is 0.922. The van der Waals surface area contributed by atoms with Gasteiger partial charge in [0.2, 0.25) is 5.91 Å². The molecule has 82 valence electrons. The second-order valence-corrected chi connectivity index (χ2v) is 4.12. The van der Waals surface area contributed by atoms with Crippen LogP contribution < -0.4 is 5.32 Å². The van der Waals surface area contributed by atoms with E-state index < -0.39 is 0 Å². The zero-order valence-electron chi connectivity index (χ0n) is 8.80. The van der Waals surface area contributed by atoms with E-state index in [0.29, 0.717) is 12.8 Å². The molecule has 0 saturated heterocycles. The van der Waals surface area contributed by atoms with Gasteiger partial charge >= 0.3 is 0 Å². The highest BCUT2D eigenvalue weighted by molar-refractivity contribution is 5.75. The van der Waals surface area contributed by atoms with Crippen molar-refractivity contribution in [3.8, 4) is 0 Å². The first-order valence-electron chi connectivity index (χ1n) is 5.70. The largest absolute Gasteiger partial charge is 0.396 e. The van der Waals surface area contributed by atoms with Crippen LogP contribution in [-0.2, 0) is 4.79 Å². The number of rotatable bonds is 6. The lowest BCUT2D eigenvalue weighted by Gasteiger charge is -2.09. The topological polar surface area (TPSA) is 49.3 Å². The van der Waals surface area contributed by atoms with Crippen LogP contribution >= 0.6 is 0 Å². The maximum absolute atomic E-state index is 11.2. The molecular weight excluding hydrogens is 178 g/mol. The quantitative estimate of drug-likeness (QED) is 0.680. The number of hydrogen-bond donors (Lipinski definition) is 2. The SMILES string of the molecule is O=C(CCCO)NCCC1CCCC1. The van der Waals surface area contributed by atoms with Gasteiger partial charge < -0.3 is 10.4 Å². The summed E-state index contributed by atoms with van der Waals surface area (Å²) in [5, 5.41) is 11.4. The minimum absolute atomic E-state index is 0.0806. The van der Waals surface area contributed by atoms with E-state index in [1.165, 1.54) is 25.7 Å². The van der Waals surface area contributed by atoms with Crippen molar-refractivity contribution in [2.24, 2.45) is 5.92 Å². The summed E-state index contributed by atoms with van der Waals surface area (Å²) in [5.41, 5.74) is 0. The summed E-state index contributed by atoms with van der Waals surface area (Å²) < 4.78 is 0. The Bertz CT molecular complexity index is 165. The Morgan fingerprint density at radius 1 is 1.36 bits per heavy atom. The van der Waals surface area contributed by atoms with Crippen molar-refractivity contribution in [1.82, 2.24) is 5.32 Å². The summed E-state index contributed by atoms with van der Waals surface area (Å²) in [6.07, 6.45) is 7.58. The Kier molecular flexibility index (Phi) is 5.60. The zero-order valence-corrected chi connectivity index (χ0v) is 8.80. The average Bonchev–Trinajstić information content (AvgIpc) is 2.67. The van der Waals surface area contributed by atoms with Gasteiger partial charge in [-0.3, -0.25) is 4.79 Å². The van der Waals surface area contributed by atoms with E-state index in [2.05, 4.69) is 5.32 Å². The maximum Gasteiger partial charge on any atom is 0.220 e. The van der Waals surface area contributed by atoms with Crippen molar-refractivity contribution < 1.29 is 9.90 Å². The van der Waals surface area contributed by atoms with E-state index >= 15 is 0 Å². The van der Waals surface area contributed by atoms with Crippen molar-refractivity contribution in [2.75, 3.05) is 13.2 Å². The van der Waals surface area contributed by atoms with Crippen LogP contribution in [0, 0.1) is 5.92 Å². The normalized spacial score (nSPS) is 17.2. The molecule has 0 aromatic carbocycles. The molecule has 0 radical (unpaired) electrons. The molecule has 0 heterocycles. The predicted octanol–water partition coefficient (Wildman–Crippen LogP) is 1.46. The van der Waals surface area contributed by atoms with Crippen LogP contribution in [-0.4, -0.2) is 24.2 Å². The van der Waals surface area contributed by atoms with Gasteiger partial charge in [-0.2, -0.15) is 0 Å². The van der Waals surface area contributed by atoms with Gasteiger partial charge in [0.25, 0.3) is 0 Å². The number of carbonyl (C=O) groups is 1. The van der Waals surface area contributed by atoms with Crippen LogP contribution in [0.3, 0.4) is 0 Å². The third-order valence-electron chi connectivity index (χ3n) is 2.91. The third-order valence-corrected chi connectivity index (χ3v) is 2.91. The lowest BCUT2D eigenvalue weighted by Crippen LogP contribution is -2.25. The number of carbonyl (C=O) groups excluding carboxylic acids is 1. The molecule has 0 aromatic heterocycles. The fourth-order valence-corrected chi connectivity index (χ4v) is 2.04. The summed E-state index contributed by atoms with van der Waals surface area (Å²) in [5.74, 6) is 0.921. The molecule has 1 aliphatic carbocycles. The summed E-state index contributed by atoms with van der Waals surface area (Å²) in [4.78, 5) is 11.2. The smallest absolute Gasteiger partial charge is 0.220 e. The maximum atomic E-state index is 11.2. The summed E-state index contributed by atoms with van der Waals surface area (Å²) in [6, 6.07) is 0. The highest BCUT2D eigenvalue weighted by Gasteiger charge is 2.14. The predicted molar refractivity (Wildman–Crippen MR) is 55.9 cm³/mol. The number of nitrogens with one attached hydrogen (secondary N) is 1. The zero-order chi connectivity index (χ0) is 10.2. The molecule has 0 unspecified atom stereocenters. The number of amides is 1. The van der Waals surface area contributed by atoms with E-state index in [0.717, 1.165) is 18.9 Å². The molecular formula is C11H21NO2. The lowest BCUT2D eigenvalue weighted by molar-refractivity contribution is -0.121. The van der Waals surface area contributed by atoms with Gasteiger partial charge in [-0.1, -0.05) is 25.7 Å². The van der Waals surface area contributed by atoms with Gasteiger partial charge in [0.15, 0.2) is 0 Å². The first-order chi connectivity index (χ1) is 6.83. The van der Waals surface area contributed by atoms with Crippen molar-refractivity contribution in [3.63, 3.8) is 0 Å². The monoisotopic (exact) mass is 199 g/mol. The van der Waals surface area contributed by atoms with Crippen LogP contribution in [0.5, 0.6) is 0 Å². The minimum Gasteiger partial charge on any atom is -0.396 e. The molecule has 0 spiro atoms. The average molecular weight is 199 g/mol. The molecule has 1 saturated carbocycles. The highest BCUT2D eigenvalue weighted by atomic mass is 16.3. The lowest BCUT2D eigenvalue weighted by atomic mass is 10.0. The van der Waals surface area contributed by atoms with Gasteiger partial charge in [0, 0.05) is 19.6 Å².